The van der Waals surface area contributed by atoms with Crippen molar-refractivity contribution < 1.29 is 14.3 Å². The summed E-state index contributed by atoms with van der Waals surface area (Å²) in [6.45, 7) is 4.65. The van der Waals surface area contributed by atoms with Crippen molar-refractivity contribution in [2.24, 2.45) is 5.10 Å². The maximum absolute atomic E-state index is 12.8. The van der Waals surface area contributed by atoms with Crippen LogP contribution in [0.1, 0.15) is 34.0 Å². The van der Waals surface area contributed by atoms with Crippen molar-refractivity contribution in [3.05, 3.63) is 120 Å². The minimum Gasteiger partial charge on any atom is -0.490 e. The van der Waals surface area contributed by atoms with Gasteiger partial charge in [0.05, 0.1) is 22.1 Å². The van der Waals surface area contributed by atoms with Crippen molar-refractivity contribution in [3.63, 3.8) is 0 Å². The van der Waals surface area contributed by atoms with E-state index in [9.17, 15) is 4.79 Å². The number of hydrogen-bond acceptors (Lipinski definition) is 7. The predicted octanol–water partition coefficient (Wildman–Crippen LogP) is 9.52. The van der Waals surface area contributed by atoms with Gasteiger partial charge in [0.25, 0.3) is 5.91 Å². The van der Waals surface area contributed by atoms with Gasteiger partial charge in [-0.1, -0.05) is 59.1 Å². The number of aryl methyl sites for hydroxylation is 1. The van der Waals surface area contributed by atoms with E-state index in [-0.39, 0.29) is 12.5 Å². The maximum Gasteiger partial charge on any atom is 0.271 e. The second-order valence-electron chi connectivity index (χ2n) is 9.59. The number of aromatic nitrogens is 1. The molecule has 2 N–H and O–H groups in total. The van der Waals surface area contributed by atoms with Gasteiger partial charge in [-0.3, -0.25) is 4.79 Å². The number of nitrogens with one attached hydrogen (secondary N) is 2. The molecule has 1 aromatic heterocycles. The molecule has 5 aromatic rings. The summed E-state index contributed by atoms with van der Waals surface area (Å²) in [5.74, 6) is 0.831. The number of anilines is 2. The Bertz CT molecular complexity index is 1790. The van der Waals surface area contributed by atoms with Crippen molar-refractivity contribution in [2.75, 3.05) is 11.9 Å². The van der Waals surface area contributed by atoms with Crippen molar-refractivity contribution in [1.82, 2.24) is 10.4 Å². The van der Waals surface area contributed by atoms with E-state index in [4.69, 9.17) is 32.7 Å². The van der Waals surface area contributed by atoms with Gasteiger partial charge >= 0.3 is 0 Å². The molecule has 0 bridgehead atoms. The summed E-state index contributed by atoms with van der Waals surface area (Å²) in [5, 5.41) is 11.4. The predicted molar refractivity (Wildman–Crippen MR) is 188 cm³/mol. The zero-order valence-electron chi connectivity index (χ0n) is 23.7. The number of rotatable bonds is 11. The monoisotopic (exact) mass is 756 g/mol. The molecule has 7 nitrogen and oxygen atoms in total. The van der Waals surface area contributed by atoms with Crippen molar-refractivity contribution >= 4 is 80.1 Å². The Labute approximate surface area is 283 Å². The minimum absolute atomic E-state index is 0.252. The van der Waals surface area contributed by atoms with E-state index in [1.807, 2.05) is 54.8 Å². The van der Waals surface area contributed by atoms with Crippen LogP contribution in [0.15, 0.2) is 89.3 Å². The first-order chi connectivity index (χ1) is 21.3. The highest BCUT2D eigenvalue weighted by atomic mass is 127. The van der Waals surface area contributed by atoms with Gasteiger partial charge in [-0.15, -0.1) is 11.3 Å². The molecule has 224 valence electrons. The first-order valence-electron chi connectivity index (χ1n) is 13.5. The third kappa shape index (κ3) is 8.29. The van der Waals surface area contributed by atoms with Gasteiger partial charge in [-0.05, 0) is 90.5 Å². The Morgan fingerprint density at radius 1 is 1.02 bits per heavy atom. The lowest BCUT2D eigenvalue weighted by atomic mass is 10.1. The molecule has 4 aromatic carbocycles. The SMILES string of the molecule is CCOc1cc(/C=N\NC(=O)c2ccc(-c3csc(Nc4ccc(C)cc4)n3)cc2)cc(I)c1OCc1ccc(Cl)cc1Cl. The van der Waals surface area contributed by atoms with Crippen LogP contribution in [0, 0.1) is 10.5 Å². The topological polar surface area (TPSA) is 84.8 Å². The highest BCUT2D eigenvalue weighted by molar-refractivity contribution is 14.1. The Kier molecular flexibility index (Phi) is 10.8. The Morgan fingerprint density at radius 3 is 2.52 bits per heavy atom. The zero-order valence-corrected chi connectivity index (χ0v) is 28.2. The van der Waals surface area contributed by atoms with Crippen LogP contribution in [0.25, 0.3) is 11.3 Å². The van der Waals surface area contributed by atoms with E-state index < -0.39 is 0 Å². The summed E-state index contributed by atoms with van der Waals surface area (Å²) < 4.78 is 12.7. The average Bonchev–Trinajstić information content (AvgIpc) is 3.47. The molecule has 0 spiro atoms. The number of nitrogens with zero attached hydrogens (tertiary/aromatic N) is 2. The van der Waals surface area contributed by atoms with E-state index in [2.05, 4.69) is 62.5 Å². The number of thiazole rings is 1. The number of halogens is 3. The average molecular weight is 757 g/mol. The lowest BCUT2D eigenvalue weighted by molar-refractivity contribution is 0.0955. The Morgan fingerprint density at radius 2 is 1.80 bits per heavy atom. The molecule has 1 heterocycles. The van der Waals surface area contributed by atoms with Crippen LogP contribution in [-0.2, 0) is 6.61 Å². The van der Waals surface area contributed by atoms with Crippen LogP contribution in [0.3, 0.4) is 0 Å². The molecule has 0 fully saturated rings. The van der Waals surface area contributed by atoms with Gasteiger partial charge in [0, 0.05) is 37.8 Å². The molecule has 1 amide bonds. The highest BCUT2D eigenvalue weighted by Gasteiger charge is 2.14. The molecule has 0 aliphatic carbocycles. The number of carbonyl (C=O) groups is 1. The number of carbonyl (C=O) groups excluding carboxylic acids is 1. The number of hydrazone groups is 1. The molecule has 0 unspecified atom stereocenters. The summed E-state index contributed by atoms with van der Waals surface area (Å²) in [4.78, 5) is 17.4. The quantitative estimate of drug-likeness (QED) is 0.0797. The van der Waals surface area contributed by atoms with Crippen LogP contribution in [0.2, 0.25) is 10.0 Å². The van der Waals surface area contributed by atoms with Gasteiger partial charge < -0.3 is 14.8 Å². The standard InChI is InChI=1S/C33H27Cl2IN4O3S/c1-3-42-30-15-21(14-28(36)31(30)43-18-24-10-11-25(34)16-27(24)35)17-37-40-32(41)23-8-6-22(7-9-23)29-19-44-33(39-29)38-26-12-4-20(2)5-13-26/h4-17,19H,3,18H2,1-2H3,(H,38,39)(H,40,41)/b37-17-. The first kappa shape index (κ1) is 31.8. The fraction of sp³-hybridized carbons (Fsp3) is 0.121. The molecule has 0 aliphatic rings. The normalized spacial score (nSPS) is 11.0. The first-order valence-corrected chi connectivity index (χ1v) is 16.3. The van der Waals surface area contributed by atoms with Crippen LogP contribution in [0.5, 0.6) is 11.5 Å². The van der Waals surface area contributed by atoms with Gasteiger partial charge in [-0.25, -0.2) is 10.4 Å². The van der Waals surface area contributed by atoms with Gasteiger partial charge in [0.15, 0.2) is 16.6 Å². The highest BCUT2D eigenvalue weighted by Crippen LogP contribution is 2.35. The Balaban J connectivity index is 1.20. The molecule has 11 heteroatoms. The number of benzene rings is 4. The third-order valence-electron chi connectivity index (χ3n) is 6.35. The van der Waals surface area contributed by atoms with Gasteiger partial charge in [0.2, 0.25) is 0 Å². The van der Waals surface area contributed by atoms with Gasteiger partial charge in [-0.2, -0.15) is 5.10 Å². The Hall–Kier alpha value is -3.64. The third-order valence-corrected chi connectivity index (χ3v) is 8.49. The number of amides is 1. The van der Waals surface area contributed by atoms with E-state index in [1.165, 1.54) is 16.9 Å². The van der Waals surface area contributed by atoms with Crippen LogP contribution in [0.4, 0.5) is 10.8 Å². The summed E-state index contributed by atoms with van der Waals surface area (Å²) >= 11 is 16.0. The van der Waals surface area contributed by atoms with E-state index in [1.54, 1.807) is 30.5 Å². The summed E-state index contributed by atoms with van der Waals surface area (Å²) in [5.41, 5.74) is 8.55. The fourth-order valence-corrected chi connectivity index (χ4v) is 6.08. The summed E-state index contributed by atoms with van der Waals surface area (Å²) in [7, 11) is 0. The van der Waals surface area contributed by atoms with Crippen molar-refractivity contribution in [2.45, 2.75) is 20.5 Å². The molecule has 0 aliphatic heterocycles. The molecule has 0 radical (unpaired) electrons. The van der Waals surface area contributed by atoms with Crippen LogP contribution in [-0.4, -0.2) is 23.7 Å². The molecular formula is C33H27Cl2IN4O3S. The fourth-order valence-electron chi connectivity index (χ4n) is 4.10. The number of hydrogen-bond donors (Lipinski definition) is 2. The smallest absolute Gasteiger partial charge is 0.271 e. The molecular weight excluding hydrogens is 730 g/mol. The molecule has 44 heavy (non-hydrogen) atoms. The molecule has 5 rings (SSSR count). The van der Waals surface area contributed by atoms with E-state index in [0.717, 1.165) is 36.8 Å². The van der Waals surface area contributed by atoms with Crippen molar-refractivity contribution in [3.8, 4) is 22.8 Å². The minimum atomic E-state index is -0.327. The van der Waals surface area contributed by atoms with Crippen molar-refractivity contribution in [1.29, 1.82) is 0 Å². The second-order valence-corrected chi connectivity index (χ2v) is 12.5. The lowest BCUT2D eigenvalue weighted by Gasteiger charge is -2.15. The lowest BCUT2D eigenvalue weighted by Crippen LogP contribution is -2.17. The number of ether oxygens (including phenoxy) is 2. The summed E-state index contributed by atoms with van der Waals surface area (Å²) in [6.07, 6.45) is 1.56. The molecule has 0 saturated carbocycles. The van der Waals surface area contributed by atoms with E-state index in [0.29, 0.717) is 33.7 Å². The maximum atomic E-state index is 12.8. The summed E-state index contributed by atoms with van der Waals surface area (Å²) in [6, 6.07) is 24.4. The van der Waals surface area contributed by atoms with Gasteiger partial charge in [0.1, 0.15) is 6.61 Å². The molecule has 0 saturated heterocycles. The van der Waals surface area contributed by atoms with E-state index >= 15 is 0 Å². The largest absolute Gasteiger partial charge is 0.490 e. The zero-order chi connectivity index (χ0) is 31.1. The van der Waals surface area contributed by atoms with Crippen LogP contribution >= 0.6 is 57.1 Å². The molecule has 0 atom stereocenters. The van der Waals surface area contributed by atoms with Crippen LogP contribution < -0.4 is 20.2 Å². The second kappa shape index (κ2) is 14.9.